The molecule has 0 saturated carbocycles. The molecule has 1 saturated heterocycles. The van der Waals surface area contributed by atoms with Crippen LogP contribution in [0.1, 0.15) is 12.5 Å². The Morgan fingerprint density at radius 3 is 2.79 bits per heavy atom. The summed E-state index contributed by atoms with van der Waals surface area (Å²) in [6.45, 7) is 4.82. The fraction of sp³-hybridized carbons (Fsp3) is 0.500. The summed E-state index contributed by atoms with van der Waals surface area (Å²) in [4.78, 5) is 16.5. The summed E-state index contributed by atoms with van der Waals surface area (Å²) >= 11 is 0. The van der Waals surface area contributed by atoms with Gasteiger partial charge in [0.1, 0.15) is 0 Å². The first-order chi connectivity index (χ1) is 8.56. The Hall–Kier alpha value is -1.26. The van der Waals surface area contributed by atoms with E-state index in [-0.39, 0.29) is 24.4 Å². The quantitative estimate of drug-likeness (QED) is 0.835. The minimum atomic E-state index is 0. The van der Waals surface area contributed by atoms with Gasteiger partial charge in [0.05, 0.1) is 6.42 Å². The van der Waals surface area contributed by atoms with E-state index in [0.717, 1.165) is 25.2 Å². The van der Waals surface area contributed by atoms with Crippen LogP contribution in [0.25, 0.3) is 0 Å². The van der Waals surface area contributed by atoms with Crippen molar-refractivity contribution in [1.82, 2.24) is 9.80 Å². The molecule has 0 spiro atoms. The van der Waals surface area contributed by atoms with Crippen LogP contribution in [0.2, 0.25) is 0 Å². The third kappa shape index (κ3) is 4.11. The number of hydrogen-bond acceptors (Lipinski definition) is 3. The van der Waals surface area contributed by atoms with Gasteiger partial charge in [0.25, 0.3) is 0 Å². The Balaban J connectivity index is 0.00000180. The first-order valence-corrected chi connectivity index (χ1v) is 6.38. The van der Waals surface area contributed by atoms with E-state index in [0.29, 0.717) is 12.1 Å². The van der Waals surface area contributed by atoms with Gasteiger partial charge in [-0.15, -0.1) is 12.4 Å². The Morgan fingerprint density at radius 1 is 1.42 bits per heavy atom. The molecule has 5 heteroatoms. The number of carbonyl (C=O) groups is 1. The van der Waals surface area contributed by atoms with Gasteiger partial charge in [0.2, 0.25) is 5.91 Å². The molecule has 106 valence electrons. The average Bonchev–Trinajstić information content (AvgIpc) is 2.28. The van der Waals surface area contributed by atoms with E-state index in [1.807, 2.05) is 29.2 Å². The van der Waals surface area contributed by atoms with Gasteiger partial charge in [-0.3, -0.25) is 4.79 Å². The molecular formula is C14H22ClN3O. The summed E-state index contributed by atoms with van der Waals surface area (Å²) in [7, 11) is 2.09. The lowest BCUT2D eigenvalue weighted by atomic mass is 10.1. The van der Waals surface area contributed by atoms with Crippen molar-refractivity contribution >= 4 is 24.0 Å². The topological polar surface area (TPSA) is 49.6 Å². The largest absolute Gasteiger partial charge is 0.399 e. The number of halogens is 1. The van der Waals surface area contributed by atoms with Crippen LogP contribution < -0.4 is 5.73 Å². The van der Waals surface area contributed by atoms with Crippen molar-refractivity contribution in [3.8, 4) is 0 Å². The van der Waals surface area contributed by atoms with Gasteiger partial charge in [-0.1, -0.05) is 12.1 Å². The number of benzene rings is 1. The second-order valence-electron chi connectivity index (χ2n) is 5.12. The first-order valence-electron chi connectivity index (χ1n) is 6.38. The summed E-state index contributed by atoms with van der Waals surface area (Å²) in [6, 6.07) is 7.85. The molecule has 1 atom stereocenters. The van der Waals surface area contributed by atoms with E-state index in [1.54, 1.807) is 0 Å². The number of anilines is 1. The van der Waals surface area contributed by atoms with Crippen LogP contribution in [0, 0.1) is 0 Å². The number of hydrogen-bond donors (Lipinski definition) is 1. The molecule has 1 aliphatic rings. The number of carbonyl (C=O) groups excluding carboxylic acids is 1. The van der Waals surface area contributed by atoms with Gasteiger partial charge in [-0.05, 0) is 31.7 Å². The molecule has 2 rings (SSSR count). The van der Waals surface area contributed by atoms with Crippen molar-refractivity contribution < 1.29 is 4.79 Å². The van der Waals surface area contributed by atoms with Crippen LogP contribution in [-0.2, 0) is 11.2 Å². The van der Waals surface area contributed by atoms with Crippen LogP contribution in [-0.4, -0.2) is 48.4 Å². The number of amides is 1. The lowest BCUT2D eigenvalue weighted by molar-refractivity contribution is -0.134. The highest BCUT2D eigenvalue weighted by atomic mass is 35.5. The molecule has 0 aliphatic carbocycles. The monoisotopic (exact) mass is 283 g/mol. The summed E-state index contributed by atoms with van der Waals surface area (Å²) in [5.74, 6) is 0.196. The van der Waals surface area contributed by atoms with Gasteiger partial charge in [-0.2, -0.15) is 0 Å². The average molecular weight is 284 g/mol. The predicted molar refractivity (Wildman–Crippen MR) is 80.5 cm³/mol. The molecular weight excluding hydrogens is 262 g/mol. The van der Waals surface area contributed by atoms with E-state index >= 15 is 0 Å². The van der Waals surface area contributed by atoms with Crippen molar-refractivity contribution in [3.05, 3.63) is 29.8 Å². The Labute approximate surface area is 121 Å². The minimum absolute atomic E-state index is 0. The zero-order chi connectivity index (χ0) is 13.1. The third-order valence-corrected chi connectivity index (χ3v) is 3.46. The van der Waals surface area contributed by atoms with E-state index in [2.05, 4.69) is 18.9 Å². The Bertz CT molecular complexity index is 438. The molecule has 1 aliphatic heterocycles. The maximum absolute atomic E-state index is 12.3. The van der Waals surface area contributed by atoms with Crippen molar-refractivity contribution in [3.63, 3.8) is 0 Å². The van der Waals surface area contributed by atoms with E-state index in [4.69, 9.17) is 5.73 Å². The molecule has 1 heterocycles. The molecule has 19 heavy (non-hydrogen) atoms. The standard InChI is InChI=1S/C14H21N3O.ClH/c1-11-10-16(2)6-7-17(11)14(18)9-12-4-3-5-13(15)8-12;/h3-5,8,11H,6-7,9-10,15H2,1-2H3;1H. The second-order valence-corrected chi connectivity index (χ2v) is 5.12. The second kappa shape index (κ2) is 6.78. The van der Waals surface area contributed by atoms with E-state index in [1.165, 1.54) is 0 Å². The molecule has 0 bridgehead atoms. The summed E-state index contributed by atoms with van der Waals surface area (Å²) in [5, 5.41) is 0. The lowest BCUT2D eigenvalue weighted by Crippen LogP contribution is -2.53. The molecule has 1 aromatic rings. The molecule has 1 unspecified atom stereocenters. The van der Waals surface area contributed by atoms with Gasteiger partial charge < -0.3 is 15.5 Å². The number of nitrogen functional groups attached to an aromatic ring is 1. The van der Waals surface area contributed by atoms with Crippen molar-refractivity contribution in [1.29, 1.82) is 0 Å². The molecule has 0 radical (unpaired) electrons. The first kappa shape index (κ1) is 15.8. The van der Waals surface area contributed by atoms with Crippen LogP contribution in [0.5, 0.6) is 0 Å². The molecule has 4 nitrogen and oxygen atoms in total. The van der Waals surface area contributed by atoms with E-state index in [9.17, 15) is 4.79 Å². The number of rotatable bonds is 2. The summed E-state index contributed by atoms with van der Waals surface area (Å²) in [5.41, 5.74) is 7.43. The Kier molecular flexibility index (Phi) is 5.63. The predicted octanol–water partition coefficient (Wildman–Crippen LogP) is 1.40. The number of piperazine rings is 1. The Morgan fingerprint density at radius 2 is 2.16 bits per heavy atom. The van der Waals surface area contributed by atoms with Crippen LogP contribution >= 0.6 is 12.4 Å². The molecule has 1 aromatic carbocycles. The summed E-state index contributed by atoms with van der Waals surface area (Å²) in [6.07, 6.45) is 0.444. The molecule has 2 N–H and O–H groups in total. The normalized spacial score (nSPS) is 19.9. The lowest BCUT2D eigenvalue weighted by Gasteiger charge is -2.38. The van der Waals surface area contributed by atoms with Gasteiger partial charge >= 0.3 is 0 Å². The zero-order valence-electron chi connectivity index (χ0n) is 11.5. The highest BCUT2D eigenvalue weighted by Crippen LogP contribution is 2.12. The van der Waals surface area contributed by atoms with Crippen molar-refractivity contribution in [2.45, 2.75) is 19.4 Å². The fourth-order valence-electron chi connectivity index (χ4n) is 2.49. The molecule has 1 fully saturated rings. The van der Waals surface area contributed by atoms with Crippen LogP contribution in [0.15, 0.2) is 24.3 Å². The van der Waals surface area contributed by atoms with Crippen molar-refractivity contribution in [2.24, 2.45) is 0 Å². The minimum Gasteiger partial charge on any atom is -0.399 e. The highest BCUT2D eigenvalue weighted by Gasteiger charge is 2.25. The number of nitrogens with two attached hydrogens (primary N) is 1. The molecule has 1 amide bonds. The van der Waals surface area contributed by atoms with Crippen LogP contribution in [0.3, 0.4) is 0 Å². The van der Waals surface area contributed by atoms with Gasteiger partial charge in [0.15, 0.2) is 0 Å². The summed E-state index contributed by atoms with van der Waals surface area (Å²) < 4.78 is 0. The van der Waals surface area contributed by atoms with E-state index < -0.39 is 0 Å². The maximum Gasteiger partial charge on any atom is 0.227 e. The fourth-order valence-corrected chi connectivity index (χ4v) is 2.49. The number of likely N-dealkylation sites (N-methyl/N-ethyl adjacent to an activating group) is 1. The number of nitrogens with zero attached hydrogens (tertiary/aromatic N) is 2. The van der Waals surface area contributed by atoms with Crippen LogP contribution in [0.4, 0.5) is 5.69 Å². The highest BCUT2D eigenvalue weighted by molar-refractivity contribution is 5.85. The zero-order valence-corrected chi connectivity index (χ0v) is 12.3. The van der Waals surface area contributed by atoms with Crippen molar-refractivity contribution in [2.75, 3.05) is 32.4 Å². The maximum atomic E-state index is 12.3. The van der Waals surface area contributed by atoms with Gasteiger partial charge in [0, 0.05) is 31.4 Å². The third-order valence-electron chi connectivity index (χ3n) is 3.46. The molecule has 0 aromatic heterocycles. The SMILES string of the molecule is CC1CN(C)CCN1C(=O)Cc1cccc(N)c1.Cl. The van der Waals surface area contributed by atoms with Gasteiger partial charge in [-0.25, -0.2) is 0 Å². The smallest absolute Gasteiger partial charge is 0.227 e.